The molecule has 30 heavy (non-hydrogen) atoms. The number of anilines is 2. The van der Waals surface area contributed by atoms with E-state index in [9.17, 15) is 13.6 Å². The Hall–Kier alpha value is -3.63. The van der Waals surface area contributed by atoms with E-state index in [0.717, 1.165) is 18.7 Å². The fourth-order valence-corrected chi connectivity index (χ4v) is 3.70. The maximum absolute atomic E-state index is 13.1. The Morgan fingerprint density at radius 1 is 1.43 bits per heavy atom. The molecule has 0 aliphatic carbocycles. The maximum Gasteiger partial charge on any atom is 0.333 e. The van der Waals surface area contributed by atoms with Gasteiger partial charge in [-0.3, -0.25) is 15.2 Å². The van der Waals surface area contributed by atoms with Crippen molar-refractivity contribution >= 4 is 30.5 Å². The first-order valence-electron chi connectivity index (χ1n) is 9.35. The molecule has 2 aromatic rings. The SMILES string of the molecule is C=N/C=C(\N=C/C)NC(=O)N1c2nc(-c3cnn(C(F)F)c3)ccc2N2CC[C@H]1C2. The third-order valence-corrected chi connectivity index (χ3v) is 4.98. The minimum atomic E-state index is -2.73. The molecule has 4 rings (SSSR count). The van der Waals surface area contributed by atoms with Crippen LogP contribution in [-0.4, -0.2) is 52.9 Å². The Kier molecular flexibility index (Phi) is 5.25. The molecule has 2 aliphatic rings. The highest BCUT2D eigenvalue weighted by Gasteiger charge is 2.40. The highest BCUT2D eigenvalue weighted by molar-refractivity contribution is 5.98. The number of halogens is 2. The van der Waals surface area contributed by atoms with Crippen LogP contribution in [0.1, 0.15) is 19.9 Å². The number of amides is 2. The van der Waals surface area contributed by atoms with Crippen LogP contribution in [0.3, 0.4) is 0 Å². The number of nitrogens with one attached hydrogen (secondary N) is 1. The van der Waals surface area contributed by atoms with Gasteiger partial charge in [0.05, 0.1) is 29.8 Å². The summed E-state index contributed by atoms with van der Waals surface area (Å²) in [5.74, 6) is 0.726. The minimum Gasteiger partial charge on any atom is -0.366 e. The van der Waals surface area contributed by atoms with Crippen LogP contribution in [0.5, 0.6) is 0 Å². The Labute approximate surface area is 171 Å². The van der Waals surface area contributed by atoms with Crippen molar-refractivity contribution in [2.45, 2.75) is 25.9 Å². The van der Waals surface area contributed by atoms with Gasteiger partial charge in [-0.25, -0.2) is 19.5 Å². The van der Waals surface area contributed by atoms with Gasteiger partial charge in [-0.2, -0.15) is 13.9 Å². The molecule has 1 fully saturated rings. The van der Waals surface area contributed by atoms with Crippen LogP contribution < -0.4 is 15.1 Å². The van der Waals surface area contributed by atoms with Gasteiger partial charge < -0.3 is 4.90 Å². The molecule has 0 aromatic carbocycles. The van der Waals surface area contributed by atoms with Crippen molar-refractivity contribution in [1.29, 1.82) is 0 Å². The van der Waals surface area contributed by atoms with Crippen molar-refractivity contribution in [3.8, 4) is 11.3 Å². The first-order valence-corrected chi connectivity index (χ1v) is 9.35. The molecular formula is C19H20F2N8O. The lowest BCUT2D eigenvalue weighted by Crippen LogP contribution is -2.50. The van der Waals surface area contributed by atoms with Crippen molar-refractivity contribution in [3.63, 3.8) is 0 Å². The van der Waals surface area contributed by atoms with Gasteiger partial charge in [0.15, 0.2) is 11.6 Å². The lowest BCUT2D eigenvalue weighted by molar-refractivity contribution is 0.0566. The molecule has 0 saturated carbocycles. The van der Waals surface area contributed by atoms with Crippen LogP contribution in [0, 0.1) is 0 Å². The lowest BCUT2D eigenvalue weighted by atomic mass is 10.1. The summed E-state index contributed by atoms with van der Waals surface area (Å²) >= 11 is 0. The molecule has 4 heterocycles. The number of alkyl halides is 2. The van der Waals surface area contributed by atoms with Gasteiger partial charge in [0.2, 0.25) is 0 Å². The van der Waals surface area contributed by atoms with E-state index in [1.54, 1.807) is 17.9 Å². The molecule has 0 spiro atoms. The summed E-state index contributed by atoms with van der Waals surface area (Å²) in [6.45, 7) is 3.88. The summed E-state index contributed by atoms with van der Waals surface area (Å²) in [6.07, 6.45) is 6.24. The minimum absolute atomic E-state index is 0.0624. The molecule has 2 aliphatic heterocycles. The molecule has 2 aromatic heterocycles. The molecule has 2 bridgehead atoms. The number of hydrogen-bond acceptors (Lipinski definition) is 6. The Morgan fingerprint density at radius 2 is 2.27 bits per heavy atom. The molecule has 2 amide bonds. The maximum atomic E-state index is 13.1. The van der Waals surface area contributed by atoms with Gasteiger partial charge >= 0.3 is 12.6 Å². The summed E-state index contributed by atoms with van der Waals surface area (Å²) in [5, 5.41) is 6.40. The standard InChI is InChI=1S/C19H20F2N8O/c1-3-23-16(9-22-2)26-19(30)29-13-6-7-27(11-13)15-5-4-14(25-17(15)29)12-8-24-28(10-12)18(20)21/h3-5,8-10,13,18H,2,6-7,11H2,1H3,(H,26,30)/b16-9+,23-3-/t13-/m0/s1. The van der Waals surface area contributed by atoms with E-state index < -0.39 is 12.6 Å². The number of hydrogen-bond donors (Lipinski definition) is 1. The second-order valence-corrected chi connectivity index (χ2v) is 6.80. The van der Waals surface area contributed by atoms with Crippen molar-refractivity contribution in [2.24, 2.45) is 9.98 Å². The zero-order chi connectivity index (χ0) is 21.3. The number of aliphatic imine (C=N–C) groups is 2. The van der Waals surface area contributed by atoms with E-state index in [2.05, 4.69) is 37.0 Å². The smallest absolute Gasteiger partial charge is 0.333 e. The quantitative estimate of drug-likeness (QED) is 0.762. The second kappa shape index (κ2) is 8.01. The highest BCUT2D eigenvalue weighted by Crippen LogP contribution is 2.40. The van der Waals surface area contributed by atoms with E-state index in [1.165, 1.54) is 24.8 Å². The molecular weight excluding hydrogens is 394 g/mol. The summed E-state index contributed by atoms with van der Waals surface area (Å²) in [5.41, 5.74) is 1.71. The summed E-state index contributed by atoms with van der Waals surface area (Å²) in [4.78, 5) is 29.2. The van der Waals surface area contributed by atoms with E-state index in [0.29, 0.717) is 28.3 Å². The van der Waals surface area contributed by atoms with E-state index in [1.807, 2.05) is 6.07 Å². The molecule has 9 nitrogen and oxygen atoms in total. The van der Waals surface area contributed by atoms with Gasteiger partial charge in [-0.05, 0) is 32.2 Å². The van der Waals surface area contributed by atoms with E-state index in [4.69, 9.17) is 0 Å². The Bertz CT molecular complexity index is 1030. The molecule has 156 valence electrons. The third-order valence-electron chi connectivity index (χ3n) is 4.98. The van der Waals surface area contributed by atoms with Gasteiger partial charge in [-0.15, -0.1) is 0 Å². The Balaban J connectivity index is 1.70. The molecule has 0 unspecified atom stereocenters. The van der Waals surface area contributed by atoms with E-state index in [-0.39, 0.29) is 11.9 Å². The Morgan fingerprint density at radius 3 is 2.97 bits per heavy atom. The fourth-order valence-electron chi connectivity index (χ4n) is 3.70. The predicted octanol–water partition coefficient (Wildman–Crippen LogP) is 3.04. The normalized spacial score (nSPS) is 18.3. The topological polar surface area (TPSA) is 91.0 Å². The first kappa shape index (κ1) is 19.7. The predicted molar refractivity (Wildman–Crippen MR) is 110 cm³/mol. The zero-order valence-electron chi connectivity index (χ0n) is 16.2. The summed E-state index contributed by atoms with van der Waals surface area (Å²) < 4.78 is 26.3. The molecule has 11 heteroatoms. The monoisotopic (exact) mass is 414 g/mol. The molecule has 1 atom stereocenters. The summed E-state index contributed by atoms with van der Waals surface area (Å²) in [7, 11) is 0. The largest absolute Gasteiger partial charge is 0.366 e. The molecule has 0 radical (unpaired) electrons. The summed E-state index contributed by atoms with van der Waals surface area (Å²) in [6, 6.07) is 3.14. The van der Waals surface area contributed by atoms with Crippen LogP contribution in [-0.2, 0) is 0 Å². The number of carbonyl (C=O) groups is 1. The molecule has 1 N–H and O–H groups in total. The fraction of sp³-hybridized carbons (Fsp3) is 0.316. The lowest BCUT2D eigenvalue weighted by Gasteiger charge is -2.35. The van der Waals surface area contributed by atoms with Crippen LogP contribution >= 0.6 is 0 Å². The number of rotatable bonds is 5. The van der Waals surface area contributed by atoms with Crippen molar-refractivity contribution in [2.75, 3.05) is 22.9 Å². The first-order chi connectivity index (χ1) is 14.5. The van der Waals surface area contributed by atoms with Crippen LogP contribution in [0.4, 0.5) is 25.1 Å². The average Bonchev–Trinajstić information content (AvgIpc) is 3.37. The van der Waals surface area contributed by atoms with Gasteiger partial charge in [0.25, 0.3) is 0 Å². The number of aromatic nitrogens is 3. The number of nitrogens with zero attached hydrogens (tertiary/aromatic N) is 7. The average molecular weight is 414 g/mol. The van der Waals surface area contributed by atoms with Gasteiger partial charge in [0, 0.05) is 31.1 Å². The van der Waals surface area contributed by atoms with Gasteiger partial charge in [0.1, 0.15) is 0 Å². The van der Waals surface area contributed by atoms with Crippen LogP contribution in [0.25, 0.3) is 11.3 Å². The van der Waals surface area contributed by atoms with Crippen molar-refractivity contribution < 1.29 is 13.6 Å². The number of pyridine rings is 1. The van der Waals surface area contributed by atoms with Crippen molar-refractivity contribution in [1.82, 2.24) is 20.1 Å². The van der Waals surface area contributed by atoms with Crippen LogP contribution in [0.15, 0.2) is 46.5 Å². The van der Waals surface area contributed by atoms with Crippen molar-refractivity contribution in [3.05, 3.63) is 36.5 Å². The number of urea groups is 1. The third kappa shape index (κ3) is 3.53. The van der Waals surface area contributed by atoms with Gasteiger partial charge in [-0.1, -0.05) is 0 Å². The second-order valence-electron chi connectivity index (χ2n) is 6.80. The zero-order valence-corrected chi connectivity index (χ0v) is 16.2. The van der Waals surface area contributed by atoms with Crippen LogP contribution in [0.2, 0.25) is 0 Å². The molecule has 1 saturated heterocycles. The van der Waals surface area contributed by atoms with E-state index >= 15 is 0 Å². The number of carbonyl (C=O) groups excluding carboxylic acids is 1. The number of fused-ring (bicyclic) bond motifs is 4. The highest BCUT2D eigenvalue weighted by atomic mass is 19.3.